The van der Waals surface area contributed by atoms with Gasteiger partial charge < -0.3 is 15.4 Å². The first-order valence-corrected chi connectivity index (χ1v) is 11.2. The highest BCUT2D eigenvalue weighted by atomic mass is 32.1. The quantitative estimate of drug-likeness (QED) is 0.578. The number of benzene rings is 2. The predicted octanol–water partition coefficient (Wildman–Crippen LogP) is 4.87. The van der Waals surface area contributed by atoms with Crippen molar-refractivity contribution in [3.8, 4) is 5.75 Å². The lowest BCUT2D eigenvalue weighted by Crippen LogP contribution is -2.28. The van der Waals surface area contributed by atoms with Gasteiger partial charge in [-0.2, -0.15) is 0 Å². The minimum Gasteiger partial charge on any atom is -0.489 e. The molecule has 1 aromatic heterocycles. The highest BCUT2D eigenvalue weighted by Crippen LogP contribution is 2.32. The highest BCUT2D eigenvalue weighted by Gasteiger charge is 2.18. The fourth-order valence-corrected chi connectivity index (χ4v) is 4.89. The summed E-state index contributed by atoms with van der Waals surface area (Å²) in [7, 11) is 0. The smallest absolute Gasteiger partial charge is 0.186 e. The van der Waals surface area contributed by atoms with Crippen molar-refractivity contribution >= 4 is 16.5 Å². The number of anilines is 1. The van der Waals surface area contributed by atoms with Gasteiger partial charge in [-0.15, -0.1) is 11.3 Å². The fourth-order valence-electron chi connectivity index (χ4n) is 3.72. The lowest BCUT2D eigenvalue weighted by atomic mass is 10.0. The molecule has 0 bridgehead atoms. The van der Waals surface area contributed by atoms with Gasteiger partial charge in [0.15, 0.2) is 5.13 Å². The average molecular weight is 408 g/mol. The van der Waals surface area contributed by atoms with Crippen LogP contribution in [0.3, 0.4) is 0 Å². The van der Waals surface area contributed by atoms with E-state index >= 15 is 0 Å². The van der Waals surface area contributed by atoms with Crippen molar-refractivity contribution in [2.75, 3.05) is 18.0 Å². The zero-order chi connectivity index (χ0) is 20.1. The molecule has 29 heavy (non-hydrogen) atoms. The van der Waals surface area contributed by atoms with E-state index in [4.69, 9.17) is 15.5 Å². The van der Waals surface area contributed by atoms with Gasteiger partial charge in [-0.3, -0.25) is 0 Å². The number of aromatic nitrogens is 1. The molecule has 2 aromatic carbocycles. The second kappa shape index (κ2) is 9.42. The van der Waals surface area contributed by atoms with Crippen LogP contribution in [0, 0.1) is 6.92 Å². The van der Waals surface area contributed by atoms with Crippen molar-refractivity contribution in [2.24, 2.45) is 5.73 Å². The Labute approximate surface area is 177 Å². The number of hydrogen-bond acceptors (Lipinski definition) is 5. The maximum Gasteiger partial charge on any atom is 0.186 e. The molecule has 2 N–H and O–H groups in total. The zero-order valence-electron chi connectivity index (χ0n) is 17.1. The molecular weight excluding hydrogens is 378 g/mol. The predicted molar refractivity (Wildman–Crippen MR) is 121 cm³/mol. The molecule has 0 radical (unpaired) electrons. The number of nitrogens with zero attached hydrogens (tertiary/aromatic N) is 2. The van der Waals surface area contributed by atoms with Crippen molar-refractivity contribution < 1.29 is 4.74 Å². The van der Waals surface area contributed by atoms with E-state index in [0.717, 1.165) is 30.4 Å². The first-order valence-electron chi connectivity index (χ1n) is 10.4. The Morgan fingerprint density at radius 1 is 1.07 bits per heavy atom. The molecule has 5 heteroatoms. The van der Waals surface area contributed by atoms with Crippen LogP contribution in [0.15, 0.2) is 48.5 Å². The number of thiazole rings is 1. The third-order valence-corrected chi connectivity index (χ3v) is 6.67. The fraction of sp³-hybridized carbons (Fsp3) is 0.375. The summed E-state index contributed by atoms with van der Waals surface area (Å²) in [6.07, 6.45) is 4.85. The summed E-state index contributed by atoms with van der Waals surface area (Å²) in [5.41, 5.74) is 10.9. The van der Waals surface area contributed by atoms with Gasteiger partial charge in [0.2, 0.25) is 0 Å². The van der Waals surface area contributed by atoms with Crippen molar-refractivity contribution in [1.82, 2.24) is 4.98 Å². The Morgan fingerprint density at radius 3 is 2.62 bits per heavy atom. The number of hydrogen-bond donors (Lipinski definition) is 1. The summed E-state index contributed by atoms with van der Waals surface area (Å²) in [5.74, 6) is 0.895. The molecule has 1 heterocycles. The molecule has 1 aliphatic rings. The summed E-state index contributed by atoms with van der Waals surface area (Å²) >= 11 is 1.85. The Kier molecular flexibility index (Phi) is 6.47. The molecular formula is C24H29N3OS. The summed E-state index contributed by atoms with van der Waals surface area (Å²) in [6.45, 7) is 4.97. The van der Waals surface area contributed by atoms with Crippen molar-refractivity contribution in [2.45, 2.75) is 45.8 Å². The van der Waals surface area contributed by atoms with E-state index in [1.165, 1.54) is 46.5 Å². The van der Waals surface area contributed by atoms with Crippen LogP contribution in [-0.4, -0.2) is 18.1 Å². The first kappa shape index (κ1) is 19.9. The van der Waals surface area contributed by atoms with Crippen LogP contribution in [-0.2, 0) is 26.0 Å². The van der Waals surface area contributed by atoms with Crippen LogP contribution >= 0.6 is 11.3 Å². The second-order valence-electron chi connectivity index (χ2n) is 7.64. The minimum absolute atomic E-state index is 0.593. The molecule has 4 rings (SSSR count). The highest BCUT2D eigenvalue weighted by molar-refractivity contribution is 7.15. The Balaban J connectivity index is 1.40. The molecule has 0 fully saturated rings. The summed E-state index contributed by atoms with van der Waals surface area (Å²) in [6, 6.07) is 16.7. The van der Waals surface area contributed by atoms with E-state index < -0.39 is 0 Å². The molecule has 152 valence electrons. The minimum atomic E-state index is 0.593. The summed E-state index contributed by atoms with van der Waals surface area (Å²) < 4.78 is 5.98. The standard InChI is InChI=1S/C24H29N3OS/c1-18-6-2-3-7-20(18)17-28-21-12-10-19(11-13-21)16-27(15-14-25)24-26-22-8-4-5-9-23(22)29-24/h2-3,6-7,10-13H,4-5,8-9,14-17,25H2,1H3. The first-order chi connectivity index (χ1) is 14.2. The number of aryl methyl sites for hydroxylation is 3. The molecule has 4 nitrogen and oxygen atoms in total. The van der Waals surface area contributed by atoms with E-state index in [1.54, 1.807) is 0 Å². The van der Waals surface area contributed by atoms with Gasteiger partial charge in [0.1, 0.15) is 12.4 Å². The van der Waals surface area contributed by atoms with Crippen molar-refractivity contribution in [1.29, 1.82) is 0 Å². The van der Waals surface area contributed by atoms with E-state index in [9.17, 15) is 0 Å². The topological polar surface area (TPSA) is 51.4 Å². The van der Waals surface area contributed by atoms with E-state index in [0.29, 0.717) is 13.2 Å². The number of fused-ring (bicyclic) bond motifs is 1. The Bertz CT molecular complexity index is 912. The lowest BCUT2D eigenvalue weighted by Gasteiger charge is -2.21. The van der Waals surface area contributed by atoms with Crippen LogP contribution in [0.25, 0.3) is 0 Å². The molecule has 0 atom stereocenters. The summed E-state index contributed by atoms with van der Waals surface area (Å²) in [5, 5.41) is 1.11. The molecule has 0 unspecified atom stereocenters. The average Bonchev–Trinajstić information content (AvgIpc) is 3.18. The molecule has 0 spiro atoms. The van der Waals surface area contributed by atoms with Gasteiger partial charge in [0, 0.05) is 24.5 Å². The maximum atomic E-state index is 5.98. The van der Waals surface area contributed by atoms with Gasteiger partial charge >= 0.3 is 0 Å². The van der Waals surface area contributed by atoms with Crippen LogP contribution < -0.4 is 15.4 Å². The normalized spacial score (nSPS) is 13.2. The van der Waals surface area contributed by atoms with E-state index in [-0.39, 0.29) is 0 Å². The van der Waals surface area contributed by atoms with Crippen LogP contribution in [0.2, 0.25) is 0 Å². The van der Waals surface area contributed by atoms with Crippen molar-refractivity contribution in [3.63, 3.8) is 0 Å². The molecule has 0 saturated heterocycles. The molecule has 0 amide bonds. The van der Waals surface area contributed by atoms with Gasteiger partial charge in [-0.25, -0.2) is 4.98 Å². The maximum absolute atomic E-state index is 5.98. The third kappa shape index (κ3) is 4.98. The molecule has 0 aliphatic heterocycles. The lowest BCUT2D eigenvalue weighted by molar-refractivity contribution is 0.305. The molecule has 0 saturated carbocycles. The Hall–Kier alpha value is -2.37. The summed E-state index contributed by atoms with van der Waals surface area (Å²) in [4.78, 5) is 8.70. The number of nitrogens with two attached hydrogens (primary N) is 1. The Morgan fingerprint density at radius 2 is 1.86 bits per heavy atom. The van der Waals surface area contributed by atoms with E-state index in [2.05, 4.69) is 60.4 Å². The van der Waals surface area contributed by atoms with Crippen LogP contribution in [0.1, 0.15) is 40.1 Å². The van der Waals surface area contributed by atoms with Crippen LogP contribution in [0.4, 0.5) is 5.13 Å². The SMILES string of the molecule is Cc1ccccc1COc1ccc(CN(CCN)c2nc3c(s2)CCCC3)cc1. The second-order valence-corrected chi connectivity index (χ2v) is 8.70. The van der Waals surface area contributed by atoms with Gasteiger partial charge in [-0.1, -0.05) is 36.4 Å². The van der Waals surface area contributed by atoms with E-state index in [1.807, 2.05) is 11.3 Å². The van der Waals surface area contributed by atoms with Gasteiger partial charge in [-0.05, 0) is 61.4 Å². The van der Waals surface area contributed by atoms with Crippen LogP contribution in [0.5, 0.6) is 5.75 Å². The number of rotatable bonds is 8. The van der Waals surface area contributed by atoms with Gasteiger partial charge in [0.05, 0.1) is 5.69 Å². The molecule has 3 aromatic rings. The third-order valence-electron chi connectivity index (χ3n) is 5.46. The molecule has 1 aliphatic carbocycles. The monoisotopic (exact) mass is 407 g/mol. The number of ether oxygens (including phenoxy) is 1. The van der Waals surface area contributed by atoms with Gasteiger partial charge in [0.25, 0.3) is 0 Å². The zero-order valence-corrected chi connectivity index (χ0v) is 17.9. The largest absolute Gasteiger partial charge is 0.489 e. The van der Waals surface area contributed by atoms with Crippen molar-refractivity contribution in [3.05, 3.63) is 75.8 Å².